The molecule has 0 saturated carbocycles. The Bertz CT molecular complexity index is 1340. The molecule has 0 fully saturated rings. The van der Waals surface area contributed by atoms with Crippen LogP contribution in [0.1, 0.15) is 24.6 Å². The lowest BCUT2D eigenvalue weighted by Gasteiger charge is -2.21. The molecule has 9 nitrogen and oxygen atoms in total. The highest BCUT2D eigenvalue weighted by molar-refractivity contribution is 6.34. The van der Waals surface area contributed by atoms with Gasteiger partial charge in [-0.25, -0.2) is 14.8 Å². The number of nitrogens with zero attached hydrogens (tertiary/aromatic N) is 2. The van der Waals surface area contributed by atoms with Crippen LogP contribution in [-0.4, -0.2) is 37.5 Å². The largest absolute Gasteiger partial charge is 0.466 e. The molecule has 30 heavy (non-hydrogen) atoms. The summed E-state index contributed by atoms with van der Waals surface area (Å²) < 4.78 is 5.22. The highest BCUT2D eigenvalue weighted by Crippen LogP contribution is 2.37. The van der Waals surface area contributed by atoms with E-state index in [-0.39, 0.29) is 17.6 Å². The highest BCUT2D eigenvalue weighted by Gasteiger charge is 2.30. The molecule has 0 saturated heterocycles. The number of carbonyl (C=O) groups excluding carboxylic acids is 1. The van der Waals surface area contributed by atoms with Gasteiger partial charge in [0.05, 0.1) is 39.7 Å². The maximum absolute atomic E-state index is 12.3. The average Bonchev–Trinajstić information content (AvgIpc) is 3.27. The number of ether oxygens (including phenoxy) is 1. The van der Waals surface area contributed by atoms with E-state index < -0.39 is 0 Å². The number of esters is 1. The lowest BCUT2D eigenvalue weighted by molar-refractivity contribution is -0.148. The number of aromatic amines is 3. The SMILES string of the molecule is CCOC(=O)C1CCc2[nH]c3ncnc(Nc4cc5[nH]c(=O)[nH]c5cc4Cl)c3c2C1. The Kier molecular flexibility index (Phi) is 4.47. The Balaban J connectivity index is 1.56. The molecule has 1 aliphatic rings. The second kappa shape index (κ2) is 7.17. The van der Waals surface area contributed by atoms with Crippen LogP contribution in [-0.2, 0) is 22.4 Å². The van der Waals surface area contributed by atoms with Crippen molar-refractivity contribution in [1.82, 2.24) is 24.9 Å². The Morgan fingerprint density at radius 2 is 2.07 bits per heavy atom. The van der Waals surface area contributed by atoms with E-state index in [2.05, 4.69) is 30.2 Å². The maximum Gasteiger partial charge on any atom is 0.323 e. The van der Waals surface area contributed by atoms with Crippen molar-refractivity contribution >= 4 is 51.1 Å². The van der Waals surface area contributed by atoms with E-state index >= 15 is 0 Å². The number of aryl methyl sites for hydroxylation is 1. The number of fused-ring (bicyclic) bond motifs is 4. The van der Waals surface area contributed by atoms with Crippen molar-refractivity contribution < 1.29 is 9.53 Å². The number of halogens is 1. The van der Waals surface area contributed by atoms with Gasteiger partial charge in [-0.15, -0.1) is 0 Å². The molecule has 3 aromatic heterocycles. The molecule has 4 aromatic rings. The predicted octanol–water partition coefficient (Wildman–Crippen LogP) is 3.19. The van der Waals surface area contributed by atoms with Gasteiger partial charge in [0.2, 0.25) is 0 Å². The van der Waals surface area contributed by atoms with Crippen LogP contribution in [0.4, 0.5) is 11.5 Å². The molecule has 154 valence electrons. The zero-order valence-corrected chi connectivity index (χ0v) is 16.9. The molecule has 0 bridgehead atoms. The number of anilines is 2. The first-order valence-corrected chi connectivity index (χ1v) is 10.1. The standard InChI is InChI=1S/C20H19ClN6O3/c1-2-30-19(28)9-3-4-12-10(5-9)16-17(24-12)22-8-23-18(16)25-13-7-15-14(6-11(13)21)26-20(29)27-15/h6-9H,2-5H2,1H3,(H2,26,27,29)(H2,22,23,24,25). The van der Waals surface area contributed by atoms with Gasteiger partial charge in [-0.3, -0.25) is 4.79 Å². The van der Waals surface area contributed by atoms with E-state index in [0.717, 1.165) is 29.5 Å². The number of hydrogen-bond acceptors (Lipinski definition) is 6. The summed E-state index contributed by atoms with van der Waals surface area (Å²) in [6.07, 6.45) is 3.51. The number of imidazole rings is 1. The summed E-state index contributed by atoms with van der Waals surface area (Å²) in [6, 6.07) is 3.43. The summed E-state index contributed by atoms with van der Waals surface area (Å²) in [5.74, 6) is 0.226. The third-order valence-corrected chi connectivity index (χ3v) is 5.77. The summed E-state index contributed by atoms with van der Waals surface area (Å²) in [7, 11) is 0. The number of H-pyrrole nitrogens is 3. The number of aromatic nitrogens is 5. The van der Waals surface area contributed by atoms with E-state index in [1.165, 1.54) is 6.33 Å². The van der Waals surface area contributed by atoms with Gasteiger partial charge in [-0.05, 0) is 43.9 Å². The van der Waals surface area contributed by atoms with Crippen LogP contribution in [0, 0.1) is 5.92 Å². The van der Waals surface area contributed by atoms with E-state index in [1.54, 1.807) is 12.1 Å². The van der Waals surface area contributed by atoms with Crippen LogP contribution >= 0.6 is 11.6 Å². The van der Waals surface area contributed by atoms with Gasteiger partial charge in [0.15, 0.2) is 0 Å². The Labute approximate surface area is 175 Å². The number of carbonyl (C=O) groups is 1. The van der Waals surface area contributed by atoms with Crippen molar-refractivity contribution in [2.24, 2.45) is 5.92 Å². The van der Waals surface area contributed by atoms with E-state index in [0.29, 0.717) is 46.2 Å². The van der Waals surface area contributed by atoms with E-state index in [9.17, 15) is 9.59 Å². The van der Waals surface area contributed by atoms with Gasteiger partial charge in [-0.2, -0.15) is 0 Å². The first-order valence-electron chi connectivity index (χ1n) is 9.73. The lowest BCUT2D eigenvalue weighted by atomic mass is 9.86. The van der Waals surface area contributed by atoms with Crippen molar-refractivity contribution in [3.63, 3.8) is 0 Å². The summed E-state index contributed by atoms with van der Waals surface area (Å²) in [6.45, 7) is 2.18. The minimum Gasteiger partial charge on any atom is -0.466 e. The second-order valence-corrected chi connectivity index (χ2v) is 7.71. The first-order chi connectivity index (χ1) is 14.5. The maximum atomic E-state index is 12.3. The van der Waals surface area contributed by atoms with Crippen molar-refractivity contribution in [3.8, 4) is 0 Å². The molecule has 0 spiro atoms. The molecule has 10 heteroatoms. The third-order valence-electron chi connectivity index (χ3n) is 5.45. The third kappa shape index (κ3) is 3.11. The molecule has 3 heterocycles. The lowest BCUT2D eigenvalue weighted by Crippen LogP contribution is -2.24. The molecule has 0 amide bonds. The fraction of sp³-hybridized carbons (Fsp3) is 0.300. The molecule has 0 radical (unpaired) electrons. The van der Waals surface area contributed by atoms with Crippen LogP contribution in [0.2, 0.25) is 5.02 Å². The fourth-order valence-electron chi connectivity index (χ4n) is 4.08. The van der Waals surface area contributed by atoms with E-state index in [4.69, 9.17) is 16.3 Å². The van der Waals surface area contributed by atoms with Crippen LogP contribution < -0.4 is 11.0 Å². The zero-order chi connectivity index (χ0) is 20.8. The summed E-state index contributed by atoms with van der Waals surface area (Å²) >= 11 is 6.42. The van der Waals surface area contributed by atoms with Gasteiger partial charge in [0, 0.05) is 5.69 Å². The first kappa shape index (κ1) is 18.7. The summed E-state index contributed by atoms with van der Waals surface area (Å²) in [4.78, 5) is 41.4. The molecule has 5 rings (SSSR count). The molecule has 4 N–H and O–H groups in total. The number of benzene rings is 1. The molecular formula is C20H19ClN6O3. The summed E-state index contributed by atoms with van der Waals surface area (Å²) in [5, 5.41) is 4.54. The van der Waals surface area contributed by atoms with Gasteiger partial charge in [0.1, 0.15) is 17.8 Å². The highest BCUT2D eigenvalue weighted by atomic mass is 35.5. The number of rotatable bonds is 4. The van der Waals surface area contributed by atoms with Gasteiger partial charge in [0.25, 0.3) is 0 Å². The van der Waals surface area contributed by atoms with Crippen molar-refractivity contribution in [3.05, 3.63) is 45.2 Å². The van der Waals surface area contributed by atoms with Crippen LogP contribution in [0.3, 0.4) is 0 Å². The minimum atomic E-state index is -0.299. The van der Waals surface area contributed by atoms with Crippen molar-refractivity contribution in [2.45, 2.75) is 26.2 Å². The number of nitrogens with one attached hydrogen (secondary N) is 4. The normalized spacial score (nSPS) is 16.0. The quantitative estimate of drug-likeness (QED) is 0.371. The van der Waals surface area contributed by atoms with Crippen molar-refractivity contribution in [1.29, 1.82) is 0 Å². The number of hydrogen-bond donors (Lipinski definition) is 4. The van der Waals surface area contributed by atoms with Crippen LogP contribution in [0.5, 0.6) is 0 Å². The Morgan fingerprint density at radius 3 is 2.87 bits per heavy atom. The predicted molar refractivity (Wildman–Crippen MR) is 113 cm³/mol. The monoisotopic (exact) mass is 426 g/mol. The molecule has 1 unspecified atom stereocenters. The van der Waals surface area contributed by atoms with Gasteiger partial charge >= 0.3 is 11.7 Å². The zero-order valence-electron chi connectivity index (χ0n) is 16.1. The Morgan fingerprint density at radius 1 is 1.27 bits per heavy atom. The van der Waals surface area contributed by atoms with Gasteiger partial charge in [-0.1, -0.05) is 11.6 Å². The molecule has 0 aliphatic heterocycles. The second-order valence-electron chi connectivity index (χ2n) is 7.30. The van der Waals surface area contributed by atoms with Crippen LogP contribution in [0.15, 0.2) is 23.3 Å². The molecular weight excluding hydrogens is 408 g/mol. The Hall–Kier alpha value is -3.33. The fourth-order valence-corrected chi connectivity index (χ4v) is 4.29. The molecule has 1 atom stereocenters. The van der Waals surface area contributed by atoms with E-state index in [1.807, 2.05) is 6.92 Å². The van der Waals surface area contributed by atoms with Crippen LogP contribution in [0.25, 0.3) is 22.1 Å². The summed E-state index contributed by atoms with van der Waals surface area (Å²) in [5.41, 5.74) is 4.35. The molecule has 1 aromatic carbocycles. The topological polar surface area (TPSA) is 129 Å². The van der Waals surface area contributed by atoms with Gasteiger partial charge < -0.3 is 25.0 Å². The van der Waals surface area contributed by atoms with Crippen molar-refractivity contribution in [2.75, 3.05) is 11.9 Å². The molecule has 1 aliphatic carbocycles. The minimum absolute atomic E-state index is 0.172. The smallest absolute Gasteiger partial charge is 0.323 e. The average molecular weight is 427 g/mol.